The van der Waals surface area contributed by atoms with Gasteiger partial charge in [-0.2, -0.15) is 0 Å². The normalized spacial score (nSPS) is 11.0. The average molecular weight is 365 g/mol. The van der Waals surface area contributed by atoms with Crippen LogP contribution in [-0.4, -0.2) is 18.0 Å². The van der Waals surface area contributed by atoms with Crippen molar-refractivity contribution in [2.24, 2.45) is 0 Å². The van der Waals surface area contributed by atoms with Crippen molar-refractivity contribution >= 4 is 28.5 Å². The number of aryl methyl sites for hydroxylation is 2. The van der Waals surface area contributed by atoms with Gasteiger partial charge in [0.2, 0.25) is 5.91 Å². The van der Waals surface area contributed by atoms with Gasteiger partial charge in [0.05, 0.1) is 24.4 Å². The molecule has 0 saturated heterocycles. The van der Waals surface area contributed by atoms with Gasteiger partial charge in [-0.05, 0) is 75.2 Å². The minimum atomic E-state index is -0.376. The summed E-state index contributed by atoms with van der Waals surface area (Å²) in [6.45, 7) is 7.67. The van der Waals surface area contributed by atoms with Gasteiger partial charge in [0, 0.05) is 16.6 Å². The topological polar surface area (TPSA) is 68.5 Å². The number of nitrogens with one attached hydrogen (secondary N) is 1. The van der Waals surface area contributed by atoms with Crippen LogP contribution in [0.2, 0.25) is 0 Å². The molecule has 0 atom stereocenters. The quantitative estimate of drug-likeness (QED) is 0.660. The first-order valence-electron chi connectivity index (χ1n) is 8.91. The van der Waals surface area contributed by atoms with Crippen LogP contribution in [0.1, 0.15) is 40.9 Å². The molecule has 1 N–H and O–H groups in total. The largest absolute Gasteiger partial charge is 0.464 e. The number of hydrogen-bond donors (Lipinski definition) is 1. The fourth-order valence-electron chi connectivity index (χ4n) is 2.82. The highest BCUT2D eigenvalue weighted by atomic mass is 16.5. The van der Waals surface area contributed by atoms with Crippen LogP contribution < -0.4 is 5.32 Å². The summed E-state index contributed by atoms with van der Waals surface area (Å²) in [5.74, 6) is -0.521. The van der Waals surface area contributed by atoms with E-state index in [0.29, 0.717) is 11.3 Å². The van der Waals surface area contributed by atoms with Gasteiger partial charge in [0.25, 0.3) is 0 Å². The molecule has 0 aliphatic heterocycles. The van der Waals surface area contributed by atoms with Gasteiger partial charge in [-0.15, -0.1) is 0 Å². The number of anilines is 1. The third-order valence-corrected chi connectivity index (χ3v) is 4.37. The maximum absolute atomic E-state index is 12.4. The maximum Gasteiger partial charge on any atom is 0.338 e. The third-order valence-electron chi connectivity index (χ3n) is 4.37. The van der Waals surface area contributed by atoms with Gasteiger partial charge in [0.1, 0.15) is 5.58 Å². The van der Waals surface area contributed by atoms with E-state index in [1.165, 1.54) is 0 Å². The van der Waals surface area contributed by atoms with Gasteiger partial charge >= 0.3 is 5.97 Å². The zero-order valence-corrected chi connectivity index (χ0v) is 16.0. The van der Waals surface area contributed by atoms with E-state index in [1.807, 2.05) is 26.0 Å². The smallest absolute Gasteiger partial charge is 0.338 e. The van der Waals surface area contributed by atoms with Crippen LogP contribution in [0.3, 0.4) is 0 Å². The molecule has 5 heteroatoms. The van der Waals surface area contributed by atoms with E-state index in [0.717, 1.165) is 27.7 Å². The molecule has 0 saturated carbocycles. The molecule has 0 spiro atoms. The van der Waals surface area contributed by atoms with E-state index in [9.17, 15) is 9.59 Å². The molecule has 140 valence electrons. The van der Waals surface area contributed by atoms with Crippen molar-refractivity contribution in [1.82, 2.24) is 0 Å². The van der Waals surface area contributed by atoms with E-state index in [4.69, 9.17) is 9.15 Å². The predicted molar refractivity (Wildman–Crippen MR) is 105 cm³/mol. The Morgan fingerprint density at radius 3 is 2.41 bits per heavy atom. The SMILES string of the molecule is Cc1cc2occ(CC(=O)Nc3ccc(C(=O)OC(C)C)cc3)c2cc1C. The molecule has 2 aromatic carbocycles. The summed E-state index contributed by atoms with van der Waals surface area (Å²) in [7, 11) is 0. The van der Waals surface area contributed by atoms with Crippen molar-refractivity contribution < 1.29 is 18.7 Å². The molecule has 1 heterocycles. The number of amides is 1. The second-order valence-corrected chi connectivity index (χ2v) is 6.95. The monoisotopic (exact) mass is 365 g/mol. The van der Waals surface area contributed by atoms with E-state index in [1.54, 1.807) is 44.4 Å². The van der Waals surface area contributed by atoms with Crippen LogP contribution in [0.25, 0.3) is 11.0 Å². The summed E-state index contributed by atoms with van der Waals surface area (Å²) in [5, 5.41) is 3.80. The molecule has 5 nitrogen and oxygen atoms in total. The minimum absolute atomic E-state index is 0.145. The zero-order valence-electron chi connectivity index (χ0n) is 16.0. The number of benzene rings is 2. The van der Waals surface area contributed by atoms with Crippen LogP contribution in [0.15, 0.2) is 47.1 Å². The lowest BCUT2D eigenvalue weighted by molar-refractivity contribution is -0.115. The van der Waals surface area contributed by atoms with Crippen LogP contribution >= 0.6 is 0 Å². The molecule has 0 radical (unpaired) electrons. The summed E-state index contributed by atoms with van der Waals surface area (Å²) in [5.41, 5.74) is 5.03. The van der Waals surface area contributed by atoms with Gasteiger partial charge in [-0.25, -0.2) is 4.79 Å². The summed E-state index contributed by atoms with van der Waals surface area (Å²) in [6, 6.07) is 10.7. The lowest BCUT2D eigenvalue weighted by atomic mass is 10.0. The van der Waals surface area contributed by atoms with Crippen molar-refractivity contribution in [3.8, 4) is 0 Å². The maximum atomic E-state index is 12.4. The Hall–Kier alpha value is -3.08. The lowest BCUT2D eigenvalue weighted by Crippen LogP contribution is -2.15. The number of fused-ring (bicyclic) bond motifs is 1. The second-order valence-electron chi connectivity index (χ2n) is 6.95. The van der Waals surface area contributed by atoms with Crippen molar-refractivity contribution in [2.45, 2.75) is 40.2 Å². The first kappa shape index (κ1) is 18.7. The Morgan fingerprint density at radius 2 is 1.74 bits per heavy atom. The summed E-state index contributed by atoms with van der Waals surface area (Å²) >= 11 is 0. The third kappa shape index (κ3) is 4.37. The number of esters is 1. The van der Waals surface area contributed by atoms with Gasteiger partial charge in [-0.1, -0.05) is 0 Å². The summed E-state index contributed by atoms with van der Waals surface area (Å²) in [6.07, 6.45) is 1.68. The average Bonchev–Trinajstić information content (AvgIpc) is 2.97. The van der Waals surface area contributed by atoms with Crippen molar-refractivity contribution in [2.75, 3.05) is 5.32 Å². The van der Waals surface area contributed by atoms with Crippen LogP contribution in [0.4, 0.5) is 5.69 Å². The van der Waals surface area contributed by atoms with Crippen LogP contribution in [0, 0.1) is 13.8 Å². The molecule has 0 unspecified atom stereocenters. The van der Waals surface area contributed by atoms with Gasteiger partial charge < -0.3 is 14.5 Å². The number of hydrogen-bond acceptors (Lipinski definition) is 4. The molecule has 0 aliphatic rings. The molecular weight excluding hydrogens is 342 g/mol. The van der Waals surface area contributed by atoms with Crippen molar-refractivity contribution in [1.29, 1.82) is 0 Å². The molecule has 3 aromatic rings. The number of rotatable bonds is 5. The Bertz CT molecular complexity index is 983. The summed E-state index contributed by atoms with van der Waals surface area (Å²) in [4.78, 5) is 24.3. The number of carbonyl (C=O) groups is 2. The number of ether oxygens (including phenoxy) is 1. The highest BCUT2D eigenvalue weighted by Gasteiger charge is 2.13. The Kier molecular flexibility index (Phi) is 5.31. The highest BCUT2D eigenvalue weighted by Crippen LogP contribution is 2.25. The molecule has 0 fully saturated rings. The van der Waals surface area contributed by atoms with E-state index >= 15 is 0 Å². The highest BCUT2D eigenvalue weighted by molar-refractivity contribution is 5.96. The lowest BCUT2D eigenvalue weighted by Gasteiger charge is -2.09. The van der Waals surface area contributed by atoms with Gasteiger partial charge in [-0.3, -0.25) is 4.79 Å². The predicted octanol–water partition coefficient (Wildman–Crippen LogP) is 4.80. The summed E-state index contributed by atoms with van der Waals surface area (Å²) < 4.78 is 10.7. The first-order valence-corrected chi connectivity index (χ1v) is 8.91. The first-order chi connectivity index (χ1) is 12.8. The van der Waals surface area contributed by atoms with E-state index in [2.05, 4.69) is 5.32 Å². The standard InChI is InChI=1S/C22H23NO4/c1-13(2)27-22(25)16-5-7-18(8-6-16)23-21(24)11-17-12-26-20-10-15(4)14(3)9-19(17)20/h5-10,12-13H,11H2,1-4H3,(H,23,24). The molecular formula is C22H23NO4. The van der Waals surface area contributed by atoms with Crippen LogP contribution in [-0.2, 0) is 16.0 Å². The van der Waals surface area contributed by atoms with Crippen LogP contribution in [0.5, 0.6) is 0 Å². The fourth-order valence-corrected chi connectivity index (χ4v) is 2.82. The molecule has 1 amide bonds. The second kappa shape index (κ2) is 7.66. The van der Waals surface area contributed by atoms with Crippen molar-refractivity contribution in [3.63, 3.8) is 0 Å². The number of carbonyl (C=O) groups excluding carboxylic acids is 2. The minimum Gasteiger partial charge on any atom is -0.464 e. The molecule has 27 heavy (non-hydrogen) atoms. The zero-order chi connectivity index (χ0) is 19.6. The molecule has 0 aliphatic carbocycles. The Balaban J connectivity index is 1.68. The molecule has 1 aromatic heterocycles. The van der Waals surface area contributed by atoms with E-state index < -0.39 is 0 Å². The Labute approximate surface area is 158 Å². The fraction of sp³-hybridized carbons (Fsp3) is 0.273. The molecule has 3 rings (SSSR count). The van der Waals surface area contributed by atoms with E-state index in [-0.39, 0.29) is 24.4 Å². The molecule has 0 bridgehead atoms. The van der Waals surface area contributed by atoms with Crippen molar-refractivity contribution in [3.05, 3.63) is 64.9 Å². The van der Waals surface area contributed by atoms with Gasteiger partial charge in [0.15, 0.2) is 0 Å². The number of furan rings is 1. The Morgan fingerprint density at radius 1 is 1.07 bits per heavy atom.